The molecule has 0 fully saturated rings. The topological polar surface area (TPSA) is 26.3 Å². The third-order valence-corrected chi connectivity index (χ3v) is 2.09. The molecule has 1 rings (SSSR count). The third kappa shape index (κ3) is 3.76. The van der Waals surface area contributed by atoms with E-state index >= 15 is 0 Å². The minimum Gasteiger partial charge on any atom is -0.453 e. The minimum atomic E-state index is -0.267. The number of rotatable bonds is 3. The van der Waals surface area contributed by atoms with Crippen molar-refractivity contribution in [1.82, 2.24) is 0 Å². The van der Waals surface area contributed by atoms with Crippen molar-refractivity contribution in [3.05, 3.63) is 35.4 Å². The molecule has 0 heterocycles. The molecule has 0 radical (unpaired) electrons. The lowest BCUT2D eigenvalue weighted by molar-refractivity contribution is 0.172. The van der Waals surface area contributed by atoms with Gasteiger partial charge in [-0.25, -0.2) is 4.79 Å². The maximum Gasteiger partial charge on any atom is 0.367 e. The van der Waals surface area contributed by atoms with Crippen LogP contribution in [0, 0.1) is 0 Å². The summed E-state index contributed by atoms with van der Waals surface area (Å²) < 4.78 is 4.58. The minimum absolute atomic E-state index is 0.267. The molecule has 0 saturated heterocycles. The molecule has 13 heavy (non-hydrogen) atoms. The first-order valence-electron chi connectivity index (χ1n) is 4.12. The van der Waals surface area contributed by atoms with Crippen LogP contribution in [0.4, 0.5) is 4.79 Å². The Bertz CT molecular complexity index is 279. The van der Waals surface area contributed by atoms with E-state index in [9.17, 15) is 4.79 Å². The summed E-state index contributed by atoms with van der Waals surface area (Å²) in [6, 6.07) is 8.07. The van der Waals surface area contributed by atoms with Crippen molar-refractivity contribution in [2.75, 3.05) is 0 Å². The van der Waals surface area contributed by atoms with E-state index in [2.05, 4.69) is 19.1 Å². The van der Waals surface area contributed by atoms with Gasteiger partial charge in [0.05, 0.1) is 22.6 Å². The van der Waals surface area contributed by atoms with Crippen LogP contribution >= 0.6 is 22.6 Å². The first-order chi connectivity index (χ1) is 6.22. The van der Waals surface area contributed by atoms with Crippen LogP contribution in [0.2, 0.25) is 0 Å². The fourth-order valence-corrected chi connectivity index (χ4v) is 1.17. The van der Waals surface area contributed by atoms with Gasteiger partial charge in [-0.15, -0.1) is 0 Å². The van der Waals surface area contributed by atoms with Gasteiger partial charge in [0.25, 0.3) is 0 Å². The fraction of sp³-hybridized carbons (Fsp3) is 0.300. The molecule has 70 valence electrons. The van der Waals surface area contributed by atoms with Gasteiger partial charge in [0.15, 0.2) is 0 Å². The lowest BCUT2D eigenvalue weighted by Gasteiger charge is -2.02. The fourth-order valence-electron chi connectivity index (χ4n) is 1.01. The van der Waals surface area contributed by atoms with Gasteiger partial charge >= 0.3 is 3.98 Å². The van der Waals surface area contributed by atoms with Crippen LogP contribution in [0.15, 0.2) is 24.3 Å². The van der Waals surface area contributed by atoms with Gasteiger partial charge in [0, 0.05) is 0 Å². The van der Waals surface area contributed by atoms with Crippen molar-refractivity contribution in [2.24, 2.45) is 0 Å². The molecule has 0 amide bonds. The summed E-state index contributed by atoms with van der Waals surface area (Å²) in [7, 11) is 0. The molecule has 1 aromatic rings. The molecule has 1 aromatic carbocycles. The smallest absolute Gasteiger partial charge is 0.367 e. The van der Waals surface area contributed by atoms with Crippen molar-refractivity contribution in [3.63, 3.8) is 0 Å². The monoisotopic (exact) mass is 290 g/mol. The molecule has 0 atom stereocenters. The number of ether oxygens (including phenoxy) is 1. The number of aryl methyl sites for hydroxylation is 1. The number of carbonyl (C=O) groups excluding carboxylic acids is 1. The largest absolute Gasteiger partial charge is 0.453 e. The standard InChI is InChI=1S/C10H11IO2/c1-2-8-3-5-9(6-4-8)7-13-10(11)12/h3-6H,2,7H2,1H3. The summed E-state index contributed by atoms with van der Waals surface area (Å²) in [4.78, 5) is 10.5. The Labute approximate surface area is 91.4 Å². The van der Waals surface area contributed by atoms with Crippen molar-refractivity contribution in [3.8, 4) is 0 Å². The number of hydrogen-bond acceptors (Lipinski definition) is 2. The summed E-state index contributed by atoms with van der Waals surface area (Å²) in [5.41, 5.74) is 2.33. The van der Waals surface area contributed by atoms with Gasteiger partial charge in [0.2, 0.25) is 0 Å². The lowest BCUT2D eigenvalue weighted by Crippen LogP contribution is -1.94. The molecule has 0 saturated carbocycles. The van der Waals surface area contributed by atoms with Crippen molar-refractivity contribution >= 4 is 26.6 Å². The zero-order valence-electron chi connectivity index (χ0n) is 7.42. The van der Waals surface area contributed by atoms with E-state index < -0.39 is 0 Å². The van der Waals surface area contributed by atoms with Gasteiger partial charge < -0.3 is 4.74 Å². The Morgan fingerprint density at radius 3 is 2.31 bits per heavy atom. The molecule has 0 spiro atoms. The Morgan fingerprint density at radius 2 is 1.85 bits per heavy atom. The quantitative estimate of drug-likeness (QED) is 0.630. The van der Waals surface area contributed by atoms with E-state index in [1.54, 1.807) is 22.6 Å². The van der Waals surface area contributed by atoms with Gasteiger partial charge in [-0.2, -0.15) is 0 Å². The van der Waals surface area contributed by atoms with E-state index in [4.69, 9.17) is 4.74 Å². The second-order valence-corrected chi connectivity index (χ2v) is 3.58. The van der Waals surface area contributed by atoms with E-state index in [1.165, 1.54) is 5.56 Å². The van der Waals surface area contributed by atoms with E-state index in [0.29, 0.717) is 6.61 Å². The van der Waals surface area contributed by atoms with E-state index in [0.717, 1.165) is 12.0 Å². The van der Waals surface area contributed by atoms with Gasteiger partial charge in [-0.1, -0.05) is 31.2 Å². The SMILES string of the molecule is CCc1ccc(COC(=O)I)cc1. The number of halogens is 1. The van der Waals surface area contributed by atoms with Crippen LogP contribution in [0.1, 0.15) is 18.1 Å². The van der Waals surface area contributed by atoms with Crippen LogP contribution in [0.25, 0.3) is 0 Å². The molecular weight excluding hydrogens is 279 g/mol. The summed E-state index contributed by atoms with van der Waals surface area (Å²) in [5.74, 6) is 0. The Kier molecular flexibility index (Phi) is 4.21. The second kappa shape index (κ2) is 5.21. The molecule has 0 unspecified atom stereocenters. The highest BCUT2D eigenvalue weighted by atomic mass is 127. The average Bonchev–Trinajstić information content (AvgIpc) is 2.15. The molecule has 3 heteroatoms. The van der Waals surface area contributed by atoms with E-state index in [-0.39, 0.29) is 3.98 Å². The third-order valence-electron chi connectivity index (χ3n) is 1.78. The first kappa shape index (κ1) is 10.5. The Morgan fingerprint density at radius 1 is 1.31 bits per heavy atom. The van der Waals surface area contributed by atoms with Crippen LogP contribution in [0.5, 0.6) is 0 Å². The van der Waals surface area contributed by atoms with Crippen LogP contribution in [-0.2, 0) is 17.8 Å². The molecule has 0 aliphatic rings. The van der Waals surface area contributed by atoms with Gasteiger partial charge in [0.1, 0.15) is 6.61 Å². The highest BCUT2D eigenvalue weighted by Crippen LogP contribution is 2.07. The maximum atomic E-state index is 10.5. The normalized spacial score (nSPS) is 9.69. The van der Waals surface area contributed by atoms with Gasteiger partial charge in [-0.05, 0) is 17.5 Å². The second-order valence-electron chi connectivity index (χ2n) is 2.70. The zero-order chi connectivity index (χ0) is 9.68. The molecule has 2 nitrogen and oxygen atoms in total. The van der Waals surface area contributed by atoms with Crippen molar-refractivity contribution < 1.29 is 9.53 Å². The summed E-state index contributed by atoms with van der Waals surface area (Å²) >= 11 is 1.62. The van der Waals surface area contributed by atoms with Crippen LogP contribution in [-0.4, -0.2) is 3.98 Å². The molecule has 0 bridgehead atoms. The van der Waals surface area contributed by atoms with Crippen LogP contribution in [0.3, 0.4) is 0 Å². The predicted molar refractivity (Wildman–Crippen MR) is 60.0 cm³/mol. The number of hydrogen-bond donors (Lipinski definition) is 0. The predicted octanol–water partition coefficient (Wildman–Crippen LogP) is 3.32. The molecule has 0 aliphatic carbocycles. The van der Waals surface area contributed by atoms with Crippen LogP contribution < -0.4 is 0 Å². The molecule has 0 aliphatic heterocycles. The first-order valence-corrected chi connectivity index (χ1v) is 5.20. The van der Waals surface area contributed by atoms with Gasteiger partial charge in [-0.3, -0.25) is 0 Å². The zero-order valence-corrected chi connectivity index (χ0v) is 9.58. The van der Waals surface area contributed by atoms with Crippen molar-refractivity contribution in [2.45, 2.75) is 20.0 Å². The lowest BCUT2D eigenvalue weighted by atomic mass is 10.1. The van der Waals surface area contributed by atoms with E-state index in [1.807, 2.05) is 12.1 Å². The van der Waals surface area contributed by atoms with Crippen molar-refractivity contribution in [1.29, 1.82) is 0 Å². The molecule has 0 N–H and O–H groups in total. The number of carbonyl (C=O) groups is 1. The Hall–Kier alpha value is -0.580. The number of benzene rings is 1. The molecular formula is C10H11IO2. The average molecular weight is 290 g/mol. The maximum absolute atomic E-state index is 10.5. The highest BCUT2D eigenvalue weighted by Gasteiger charge is 1.96. The Balaban J connectivity index is 2.54. The summed E-state index contributed by atoms with van der Waals surface area (Å²) in [6.07, 6.45) is 1.03. The summed E-state index contributed by atoms with van der Waals surface area (Å²) in [5, 5.41) is 0. The molecule has 0 aromatic heterocycles. The highest BCUT2D eigenvalue weighted by molar-refractivity contribution is 14.1. The summed E-state index contributed by atoms with van der Waals surface area (Å²) in [6.45, 7) is 2.48.